The van der Waals surface area contributed by atoms with E-state index in [0.29, 0.717) is 6.54 Å². The molecule has 0 bridgehead atoms. The number of ether oxygens (including phenoxy) is 1. The maximum absolute atomic E-state index is 10.9. The molecule has 0 radical (unpaired) electrons. The zero-order chi connectivity index (χ0) is 14.8. The van der Waals surface area contributed by atoms with E-state index in [2.05, 4.69) is 19.2 Å². The molecule has 0 saturated carbocycles. The highest BCUT2D eigenvalue weighted by Crippen LogP contribution is 2.29. The molecule has 1 fully saturated rings. The smallest absolute Gasteiger partial charge is 0.272 e. The van der Waals surface area contributed by atoms with Gasteiger partial charge in [-0.05, 0) is 39.2 Å². The van der Waals surface area contributed by atoms with Crippen molar-refractivity contribution in [1.82, 2.24) is 5.32 Å². The zero-order valence-electron chi connectivity index (χ0n) is 12.3. The van der Waals surface area contributed by atoms with Crippen molar-refractivity contribution in [3.8, 4) is 0 Å². The van der Waals surface area contributed by atoms with Crippen LogP contribution in [0.5, 0.6) is 0 Å². The first-order chi connectivity index (χ1) is 9.39. The van der Waals surface area contributed by atoms with Gasteiger partial charge in [-0.1, -0.05) is 12.1 Å². The molecular formula is C15H22N2O3. The number of rotatable bonds is 5. The van der Waals surface area contributed by atoms with Gasteiger partial charge in [-0.25, -0.2) is 0 Å². The Labute approximate surface area is 119 Å². The van der Waals surface area contributed by atoms with Crippen molar-refractivity contribution in [2.75, 3.05) is 6.54 Å². The van der Waals surface area contributed by atoms with E-state index >= 15 is 0 Å². The lowest BCUT2D eigenvalue weighted by molar-refractivity contribution is -0.385. The van der Waals surface area contributed by atoms with Crippen LogP contribution in [0.25, 0.3) is 0 Å². The lowest BCUT2D eigenvalue weighted by Gasteiger charge is -2.19. The van der Waals surface area contributed by atoms with E-state index in [9.17, 15) is 10.1 Å². The highest BCUT2D eigenvalue weighted by atomic mass is 16.6. The summed E-state index contributed by atoms with van der Waals surface area (Å²) in [4.78, 5) is 10.6. The topological polar surface area (TPSA) is 64.4 Å². The Morgan fingerprint density at radius 1 is 1.50 bits per heavy atom. The Morgan fingerprint density at radius 2 is 2.25 bits per heavy atom. The molecule has 1 aromatic rings. The van der Waals surface area contributed by atoms with Crippen molar-refractivity contribution in [3.05, 3.63) is 39.4 Å². The van der Waals surface area contributed by atoms with Gasteiger partial charge in [-0.3, -0.25) is 10.1 Å². The van der Waals surface area contributed by atoms with Crippen molar-refractivity contribution < 1.29 is 9.66 Å². The molecule has 1 N–H and O–H groups in total. The third kappa shape index (κ3) is 3.55. The minimum absolute atomic E-state index is 0.0200. The fourth-order valence-electron chi connectivity index (χ4n) is 2.65. The van der Waals surface area contributed by atoms with E-state index in [1.165, 1.54) is 0 Å². The molecule has 1 saturated heterocycles. The Hall–Kier alpha value is -1.46. The lowest BCUT2D eigenvalue weighted by atomic mass is 10.1. The lowest BCUT2D eigenvalue weighted by Crippen LogP contribution is -2.29. The first-order valence-corrected chi connectivity index (χ1v) is 7.00. The standard InChI is InChI=1S/C15H22N2O3/c1-11-12(5-4-6-14(11)17(18)19)9-16-10-13-7-8-15(2,3)20-13/h4-6,13,16H,7-10H2,1-3H3. The van der Waals surface area contributed by atoms with Crippen LogP contribution in [0.2, 0.25) is 0 Å². The predicted octanol–water partition coefficient (Wildman–Crippen LogP) is 2.95. The van der Waals surface area contributed by atoms with Crippen molar-refractivity contribution in [1.29, 1.82) is 0 Å². The molecule has 2 rings (SSSR count). The maximum atomic E-state index is 10.9. The monoisotopic (exact) mass is 278 g/mol. The summed E-state index contributed by atoms with van der Waals surface area (Å²) in [5, 5.41) is 14.2. The maximum Gasteiger partial charge on any atom is 0.272 e. The second kappa shape index (κ2) is 5.89. The molecule has 0 aromatic heterocycles. The summed E-state index contributed by atoms with van der Waals surface area (Å²) in [6, 6.07) is 5.20. The molecule has 1 heterocycles. The Morgan fingerprint density at radius 3 is 2.85 bits per heavy atom. The van der Waals surface area contributed by atoms with E-state index < -0.39 is 0 Å². The van der Waals surface area contributed by atoms with Gasteiger partial charge in [-0.2, -0.15) is 0 Å². The summed E-state index contributed by atoms with van der Waals surface area (Å²) in [5.74, 6) is 0. The molecule has 0 amide bonds. The van der Waals surface area contributed by atoms with E-state index in [1.807, 2.05) is 6.07 Å². The van der Waals surface area contributed by atoms with Crippen LogP contribution < -0.4 is 5.32 Å². The summed E-state index contributed by atoms with van der Waals surface area (Å²) < 4.78 is 5.91. The SMILES string of the molecule is Cc1c(CNCC2CCC(C)(C)O2)cccc1[N+](=O)[O-]. The Balaban J connectivity index is 1.89. The quantitative estimate of drug-likeness (QED) is 0.664. The minimum atomic E-state index is -0.332. The van der Waals surface area contributed by atoms with Gasteiger partial charge in [0.2, 0.25) is 0 Å². The van der Waals surface area contributed by atoms with E-state index in [-0.39, 0.29) is 22.3 Å². The first kappa shape index (κ1) is 14.9. The van der Waals surface area contributed by atoms with Crippen LogP contribution in [0, 0.1) is 17.0 Å². The predicted molar refractivity (Wildman–Crippen MR) is 77.7 cm³/mol. The van der Waals surface area contributed by atoms with Gasteiger partial charge in [0.1, 0.15) is 0 Å². The normalized spacial score (nSPS) is 21.1. The van der Waals surface area contributed by atoms with Crippen LogP contribution in [-0.2, 0) is 11.3 Å². The van der Waals surface area contributed by atoms with Crippen molar-refractivity contribution in [3.63, 3.8) is 0 Å². The van der Waals surface area contributed by atoms with Gasteiger partial charge in [0.25, 0.3) is 5.69 Å². The number of nitrogens with one attached hydrogen (secondary N) is 1. The van der Waals surface area contributed by atoms with Crippen LogP contribution in [0.3, 0.4) is 0 Å². The summed E-state index contributed by atoms with van der Waals surface area (Å²) in [7, 11) is 0. The number of nitrogens with zero attached hydrogens (tertiary/aromatic N) is 1. The fraction of sp³-hybridized carbons (Fsp3) is 0.600. The van der Waals surface area contributed by atoms with Crippen molar-refractivity contribution >= 4 is 5.69 Å². The zero-order valence-corrected chi connectivity index (χ0v) is 12.3. The second-order valence-electron chi connectivity index (χ2n) is 5.99. The van der Waals surface area contributed by atoms with Gasteiger partial charge < -0.3 is 10.1 Å². The Kier molecular flexibility index (Phi) is 4.40. The number of nitro groups is 1. The first-order valence-electron chi connectivity index (χ1n) is 7.00. The second-order valence-corrected chi connectivity index (χ2v) is 5.99. The molecule has 1 aliphatic heterocycles. The number of hydrogen-bond acceptors (Lipinski definition) is 4. The van der Waals surface area contributed by atoms with Crippen molar-refractivity contribution in [2.45, 2.75) is 51.9 Å². The fourth-order valence-corrected chi connectivity index (χ4v) is 2.65. The highest BCUT2D eigenvalue weighted by Gasteiger charge is 2.31. The third-order valence-corrected chi connectivity index (χ3v) is 3.86. The largest absolute Gasteiger partial charge is 0.371 e. The van der Waals surface area contributed by atoms with E-state index in [1.54, 1.807) is 19.1 Å². The van der Waals surface area contributed by atoms with Gasteiger partial charge in [0.15, 0.2) is 0 Å². The molecule has 20 heavy (non-hydrogen) atoms. The van der Waals surface area contributed by atoms with Gasteiger partial charge >= 0.3 is 0 Å². The number of hydrogen-bond donors (Lipinski definition) is 1. The molecule has 0 spiro atoms. The minimum Gasteiger partial charge on any atom is -0.371 e. The molecule has 110 valence electrons. The highest BCUT2D eigenvalue weighted by molar-refractivity contribution is 5.44. The van der Waals surface area contributed by atoms with Crippen LogP contribution in [-0.4, -0.2) is 23.2 Å². The van der Waals surface area contributed by atoms with Gasteiger partial charge in [0, 0.05) is 24.7 Å². The van der Waals surface area contributed by atoms with E-state index in [0.717, 1.165) is 30.5 Å². The molecule has 1 atom stereocenters. The summed E-state index contributed by atoms with van der Waals surface area (Å²) in [6.45, 7) is 7.43. The summed E-state index contributed by atoms with van der Waals surface area (Å²) in [5.41, 5.74) is 1.87. The number of nitro benzene ring substituents is 1. The third-order valence-electron chi connectivity index (χ3n) is 3.86. The molecule has 5 nitrogen and oxygen atoms in total. The van der Waals surface area contributed by atoms with Crippen LogP contribution in [0.4, 0.5) is 5.69 Å². The van der Waals surface area contributed by atoms with Crippen molar-refractivity contribution in [2.24, 2.45) is 0 Å². The van der Waals surface area contributed by atoms with Gasteiger partial charge in [-0.15, -0.1) is 0 Å². The number of benzene rings is 1. The van der Waals surface area contributed by atoms with E-state index in [4.69, 9.17) is 4.74 Å². The average Bonchev–Trinajstić information content (AvgIpc) is 2.71. The Bertz CT molecular complexity index is 500. The summed E-state index contributed by atoms with van der Waals surface area (Å²) in [6.07, 6.45) is 2.38. The van der Waals surface area contributed by atoms with Crippen LogP contribution in [0.1, 0.15) is 37.8 Å². The molecule has 5 heteroatoms. The summed E-state index contributed by atoms with van der Waals surface area (Å²) >= 11 is 0. The van der Waals surface area contributed by atoms with Crippen LogP contribution in [0.15, 0.2) is 18.2 Å². The molecule has 1 aliphatic rings. The molecular weight excluding hydrogens is 256 g/mol. The average molecular weight is 278 g/mol. The molecule has 1 aromatic carbocycles. The van der Waals surface area contributed by atoms with Gasteiger partial charge in [0.05, 0.1) is 16.6 Å². The molecule has 1 unspecified atom stereocenters. The van der Waals surface area contributed by atoms with Crippen LogP contribution >= 0.6 is 0 Å². The molecule has 0 aliphatic carbocycles.